The number of carbonyl (C=O) groups is 1. The number of rotatable bonds is 8. The van der Waals surface area contributed by atoms with Gasteiger partial charge in [0, 0.05) is 5.56 Å². The quantitative estimate of drug-likeness (QED) is 0.769. The Kier molecular flexibility index (Phi) is 6.36. The van der Waals surface area contributed by atoms with E-state index in [0.717, 1.165) is 0 Å². The molecule has 0 atom stereocenters. The molecule has 0 aliphatic rings. The predicted molar refractivity (Wildman–Crippen MR) is 73.1 cm³/mol. The lowest BCUT2D eigenvalue weighted by Gasteiger charge is -2.15. The lowest BCUT2D eigenvalue weighted by atomic mass is 10.2. The summed E-state index contributed by atoms with van der Waals surface area (Å²) < 4.78 is 36.5. The van der Waals surface area contributed by atoms with Crippen LogP contribution in [0, 0.1) is 0 Å². The summed E-state index contributed by atoms with van der Waals surface area (Å²) >= 11 is 0. The van der Waals surface area contributed by atoms with Crippen molar-refractivity contribution < 1.29 is 28.2 Å². The first-order chi connectivity index (χ1) is 9.93. The molecule has 0 bridgehead atoms. The zero-order valence-corrected chi connectivity index (χ0v) is 12.0. The summed E-state index contributed by atoms with van der Waals surface area (Å²) in [6, 6.07) is 4.44. The number of carbonyl (C=O) groups excluding carboxylic acids is 1. The van der Waals surface area contributed by atoms with Gasteiger partial charge in [-0.15, -0.1) is 0 Å². The maximum absolute atomic E-state index is 12.9. The molecule has 0 heterocycles. The van der Waals surface area contributed by atoms with E-state index in [0.29, 0.717) is 24.7 Å². The number of benzene rings is 1. The second kappa shape index (κ2) is 7.78. The number of amides is 1. The van der Waals surface area contributed by atoms with Gasteiger partial charge in [0.1, 0.15) is 6.61 Å². The molecule has 0 saturated heterocycles. The molecule has 0 saturated carbocycles. The third-order valence-corrected chi connectivity index (χ3v) is 2.54. The van der Waals surface area contributed by atoms with Gasteiger partial charge >= 0.3 is 0 Å². The third-order valence-electron chi connectivity index (χ3n) is 2.54. The van der Waals surface area contributed by atoms with Crippen LogP contribution in [0.1, 0.15) is 24.2 Å². The number of halogens is 2. The van der Waals surface area contributed by atoms with Gasteiger partial charge in [-0.25, -0.2) is 8.78 Å². The average Bonchev–Trinajstić information content (AvgIpc) is 2.47. The Morgan fingerprint density at radius 3 is 2.43 bits per heavy atom. The van der Waals surface area contributed by atoms with Gasteiger partial charge in [-0.2, -0.15) is 0 Å². The van der Waals surface area contributed by atoms with E-state index in [1.807, 2.05) is 6.92 Å². The van der Waals surface area contributed by atoms with Crippen LogP contribution in [-0.4, -0.2) is 43.3 Å². The number of ether oxygens (including phenoxy) is 2. The molecule has 0 aromatic heterocycles. The van der Waals surface area contributed by atoms with E-state index in [2.05, 4.69) is 5.32 Å². The summed E-state index contributed by atoms with van der Waals surface area (Å²) in [4.78, 5) is 11.8. The number of hydrogen-bond acceptors (Lipinski definition) is 4. The predicted octanol–water partition coefficient (Wildman–Crippen LogP) is 1.84. The number of aliphatic hydroxyl groups excluding tert-OH is 1. The van der Waals surface area contributed by atoms with Crippen molar-refractivity contribution >= 4 is 5.91 Å². The summed E-state index contributed by atoms with van der Waals surface area (Å²) in [6.45, 7) is 2.17. The molecule has 0 fully saturated rings. The van der Waals surface area contributed by atoms with Crippen molar-refractivity contribution in [3.8, 4) is 11.5 Å². The Balaban J connectivity index is 2.82. The van der Waals surface area contributed by atoms with Crippen LogP contribution in [0.5, 0.6) is 11.5 Å². The normalized spacial score (nSPS) is 11.1. The molecule has 0 unspecified atom stereocenters. The van der Waals surface area contributed by atoms with Crippen LogP contribution in [0.25, 0.3) is 0 Å². The van der Waals surface area contributed by atoms with E-state index in [1.54, 1.807) is 13.0 Å². The van der Waals surface area contributed by atoms with Gasteiger partial charge < -0.3 is 19.9 Å². The summed E-state index contributed by atoms with van der Waals surface area (Å²) in [6.07, 6.45) is 0. The van der Waals surface area contributed by atoms with E-state index in [4.69, 9.17) is 14.6 Å². The fourth-order valence-electron chi connectivity index (χ4n) is 1.56. The maximum atomic E-state index is 12.9. The summed E-state index contributed by atoms with van der Waals surface area (Å²) in [5.41, 5.74) is 0.177. The lowest BCUT2D eigenvalue weighted by Crippen LogP contribution is -2.38. The highest BCUT2D eigenvalue weighted by molar-refractivity contribution is 5.94. The van der Waals surface area contributed by atoms with Gasteiger partial charge in [0.25, 0.3) is 11.8 Å². The molecule has 21 heavy (non-hydrogen) atoms. The minimum Gasteiger partial charge on any atom is -0.490 e. The fraction of sp³-hybridized carbons (Fsp3) is 0.500. The minimum atomic E-state index is -3.34. The molecule has 118 valence electrons. The molecule has 1 aromatic rings. The number of aliphatic hydroxyl groups is 1. The van der Waals surface area contributed by atoms with Gasteiger partial charge in [0.15, 0.2) is 11.5 Å². The zero-order valence-electron chi connectivity index (χ0n) is 12.0. The Bertz CT molecular complexity index is 480. The zero-order chi connectivity index (χ0) is 15.9. The van der Waals surface area contributed by atoms with Crippen LogP contribution in [0.2, 0.25) is 0 Å². The molecule has 2 N–H and O–H groups in total. The standard InChI is InChI=1S/C14H19F2NO4/c1-3-20-11-6-5-10(7-12(11)21-4-2)13(19)17-8-14(15,16)9-18/h5-7,18H,3-4,8-9H2,1-2H3,(H,17,19). The van der Waals surface area contributed by atoms with Crippen molar-refractivity contribution in [2.75, 3.05) is 26.4 Å². The topological polar surface area (TPSA) is 67.8 Å². The molecule has 7 heteroatoms. The van der Waals surface area contributed by atoms with E-state index >= 15 is 0 Å². The largest absolute Gasteiger partial charge is 0.490 e. The van der Waals surface area contributed by atoms with E-state index in [-0.39, 0.29) is 5.56 Å². The first kappa shape index (κ1) is 17.2. The Hall–Kier alpha value is -1.89. The van der Waals surface area contributed by atoms with Crippen LogP contribution < -0.4 is 14.8 Å². The van der Waals surface area contributed by atoms with Crippen LogP contribution >= 0.6 is 0 Å². The molecule has 0 radical (unpaired) electrons. The van der Waals surface area contributed by atoms with Gasteiger partial charge in [0.2, 0.25) is 0 Å². The monoisotopic (exact) mass is 303 g/mol. The van der Waals surface area contributed by atoms with Crippen molar-refractivity contribution in [1.29, 1.82) is 0 Å². The second-order valence-electron chi connectivity index (χ2n) is 4.22. The number of hydrogen-bond donors (Lipinski definition) is 2. The van der Waals surface area contributed by atoms with E-state index in [1.165, 1.54) is 12.1 Å². The summed E-state index contributed by atoms with van der Waals surface area (Å²) in [5.74, 6) is -3.16. The average molecular weight is 303 g/mol. The van der Waals surface area contributed by atoms with Crippen LogP contribution in [-0.2, 0) is 0 Å². The lowest BCUT2D eigenvalue weighted by molar-refractivity contribution is -0.0462. The molecule has 0 aliphatic carbocycles. The third kappa shape index (κ3) is 5.18. The SMILES string of the molecule is CCOc1ccc(C(=O)NCC(F)(F)CO)cc1OCC. The van der Waals surface area contributed by atoms with Crippen molar-refractivity contribution in [3.05, 3.63) is 23.8 Å². The van der Waals surface area contributed by atoms with Gasteiger partial charge in [-0.05, 0) is 32.0 Å². The second-order valence-corrected chi connectivity index (χ2v) is 4.22. The molecule has 5 nitrogen and oxygen atoms in total. The van der Waals surface area contributed by atoms with Gasteiger partial charge in [-0.3, -0.25) is 4.79 Å². The first-order valence-corrected chi connectivity index (χ1v) is 6.60. The molecule has 0 spiro atoms. The maximum Gasteiger partial charge on any atom is 0.287 e. The summed E-state index contributed by atoms with van der Waals surface area (Å²) in [7, 11) is 0. The van der Waals surface area contributed by atoms with Crippen LogP contribution in [0.15, 0.2) is 18.2 Å². The molecule has 1 rings (SSSR count). The highest BCUT2D eigenvalue weighted by Crippen LogP contribution is 2.28. The highest BCUT2D eigenvalue weighted by atomic mass is 19.3. The van der Waals surface area contributed by atoms with Gasteiger partial charge in [-0.1, -0.05) is 0 Å². The van der Waals surface area contributed by atoms with Crippen molar-refractivity contribution in [3.63, 3.8) is 0 Å². The molecule has 1 aromatic carbocycles. The Morgan fingerprint density at radius 2 is 1.86 bits per heavy atom. The molecular formula is C14H19F2NO4. The van der Waals surface area contributed by atoms with E-state index < -0.39 is 25.0 Å². The van der Waals surface area contributed by atoms with E-state index in [9.17, 15) is 13.6 Å². The van der Waals surface area contributed by atoms with Crippen LogP contribution in [0.4, 0.5) is 8.78 Å². The van der Waals surface area contributed by atoms with Crippen molar-refractivity contribution in [2.45, 2.75) is 19.8 Å². The number of nitrogens with one attached hydrogen (secondary N) is 1. The highest BCUT2D eigenvalue weighted by Gasteiger charge is 2.28. The molecular weight excluding hydrogens is 284 g/mol. The summed E-state index contributed by atoms with van der Waals surface area (Å²) in [5, 5.41) is 10.5. The van der Waals surface area contributed by atoms with Crippen molar-refractivity contribution in [2.24, 2.45) is 0 Å². The van der Waals surface area contributed by atoms with Crippen molar-refractivity contribution in [1.82, 2.24) is 5.32 Å². The fourth-order valence-corrected chi connectivity index (χ4v) is 1.56. The Morgan fingerprint density at radius 1 is 1.24 bits per heavy atom. The van der Waals surface area contributed by atoms with Crippen LogP contribution in [0.3, 0.4) is 0 Å². The van der Waals surface area contributed by atoms with Gasteiger partial charge in [0.05, 0.1) is 19.8 Å². The number of alkyl halides is 2. The molecule has 0 aliphatic heterocycles. The smallest absolute Gasteiger partial charge is 0.287 e. The Labute approximate surface area is 121 Å². The first-order valence-electron chi connectivity index (χ1n) is 6.60. The minimum absolute atomic E-state index is 0.177. The molecule has 1 amide bonds.